The fraction of sp³-hybridized carbons (Fsp3) is 0.481. The van der Waals surface area contributed by atoms with Gasteiger partial charge in [0.05, 0.1) is 24.0 Å². The molecule has 11 nitrogen and oxygen atoms in total. The molecular weight excluding hydrogens is 482 g/mol. The highest BCUT2D eigenvalue weighted by Crippen LogP contribution is 2.31. The number of ether oxygens (including phenoxy) is 1. The topological polar surface area (TPSA) is 105 Å². The molecule has 38 heavy (non-hydrogen) atoms. The van der Waals surface area contributed by atoms with Gasteiger partial charge in [0.1, 0.15) is 17.0 Å². The monoisotopic (exact) mass is 517 g/mol. The summed E-state index contributed by atoms with van der Waals surface area (Å²) in [4.78, 5) is 27.7. The molecule has 1 saturated carbocycles. The molecular formula is C27H35N9O2. The summed E-state index contributed by atoms with van der Waals surface area (Å²) in [6.07, 6.45) is 7.48. The highest BCUT2D eigenvalue weighted by Gasteiger charge is 2.33. The maximum Gasteiger partial charge on any atom is 0.257 e. The van der Waals surface area contributed by atoms with Crippen LogP contribution in [0, 0.1) is 0 Å². The zero-order chi connectivity index (χ0) is 26.2. The molecule has 2 aliphatic rings. The van der Waals surface area contributed by atoms with Gasteiger partial charge in [-0.1, -0.05) is 0 Å². The third-order valence-corrected chi connectivity index (χ3v) is 7.97. The van der Waals surface area contributed by atoms with Gasteiger partial charge in [0.15, 0.2) is 5.65 Å². The Balaban J connectivity index is 1.34. The van der Waals surface area contributed by atoms with Crippen LogP contribution in [0.5, 0.6) is 0 Å². The van der Waals surface area contributed by atoms with E-state index in [1.807, 2.05) is 25.4 Å². The van der Waals surface area contributed by atoms with E-state index in [0.717, 1.165) is 80.2 Å². The Hall–Kier alpha value is -3.54. The molecule has 0 radical (unpaired) electrons. The van der Waals surface area contributed by atoms with E-state index in [9.17, 15) is 4.79 Å². The lowest BCUT2D eigenvalue weighted by molar-refractivity contribution is 0.00732. The van der Waals surface area contributed by atoms with Gasteiger partial charge in [-0.15, -0.1) is 0 Å². The van der Waals surface area contributed by atoms with Crippen molar-refractivity contribution in [2.45, 2.75) is 31.5 Å². The molecule has 11 heteroatoms. The fourth-order valence-corrected chi connectivity index (χ4v) is 5.42. The van der Waals surface area contributed by atoms with Crippen LogP contribution in [0.1, 0.15) is 23.2 Å². The van der Waals surface area contributed by atoms with Crippen LogP contribution in [0.15, 0.2) is 36.8 Å². The zero-order valence-electron chi connectivity index (χ0n) is 22.2. The first-order chi connectivity index (χ1) is 18.6. The molecule has 1 aliphatic heterocycles. The second kappa shape index (κ2) is 10.3. The van der Waals surface area contributed by atoms with Gasteiger partial charge in [-0.3, -0.25) is 9.69 Å². The maximum atomic E-state index is 13.2. The van der Waals surface area contributed by atoms with Crippen LogP contribution in [-0.2, 0) is 11.3 Å². The Morgan fingerprint density at radius 3 is 2.74 bits per heavy atom. The maximum absolute atomic E-state index is 13.2. The summed E-state index contributed by atoms with van der Waals surface area (Å²) in [7, 11) is 5.70. The van der Waals surface area contributed by atoms with Crippen molar-refractivity contribution >= 4 is 28.4 Å². The molecule has 2 atom stereocenters. The van der Waals surface area contributed by atoms with Crippen molar-refractivity contribution in [1.82, 2.24) is 39.3 Å². The van der Waals surface area contributed by atoms with E-state index < -0.39 is 0 Å². The Morgan fingerprint density at radius 2 is 2.00 bits per heavy atom. The van der Waals surface area contributed by atoms with Crippen molar-refractivity contribution in [3.63, 3.8) is 0 Å². The Morgan fingerprint density at radius 1 is 1.16 bits per heavy atom. The van der Waals surface area contributed by atoms with Crippen molar-refractivity contribution in [3.05, 3.63) is 42.4 Å². The Bertz CT molecular complexity index is 1450. The third-order valence-electron chi connectivity index (χ3n) is 7.97. The van der Waals surface area contributed by atoms with Crippen LogP contribution in [0.4, 0.5) is 5.82 Å². The number of fused-ring (bicyclic) bond motifs is 2. The minimum absolute atomic E-state index is 0.0127. The highest BCUT2D eigenvalue weighted by atomic mass is 16.5. The first kappa shape index (κ1) is 24.8. The second-order valence-corrected chi connectivity index (χ2v) is 10.3. The normalized spacial score (nSPS) is 20.6. The number of anilines is 1. The number of aromatic nitrogens is 5. The van der Waals surface area contributed by atoms with E-state index in [4.69, 9.17) is 14.7 Å². The molecule has 2 fully saturated rings. The summed E-state index contributed by atoms with van der Waals surface area (Å²) in [6.45, 7) is 6.18. The summed E-state index contributed by atoms with van der Waals surface area (Å²) in [6, 6.07) is 6.02. The number of hydrogen-bond acceptors (Lipinski definition) is 8. The van der Waals surface area contributed by atoms with Crippen molar-refractivity contribution < 1.29 is 9.53 Å². The molecule has 1 aliphatic carbocycles. The standard InChI is InChI=1S/C27H35N9O2/c1-28-24-15-22(31-26-19(16-30-36(24)26)27(37)32-21-6-7-23(21)38-3)20-17-35(25-18(20)5-4-8-29-25)14-13-34-11-9-33(2)10-12-34/h4-5,8,15-17,21,23,28H,6-7,9-14H2,1-3H3,(H,32,37)/t21-,23-/m1/s1. The van der Waals surface area contributed by atoms with Crippen molar-refractivity contribution in [1.29, 1.82) is 0 Å². The molecule has 5 heterocycles. The van der Waals surface area contributed by atoms with E-state index in [-0.39, 0.29) is 18.1 Å². The largest absolute Gasteiger partial charge is 0.379 e. The first-order valence-electron chi connectivity index (χ1n) is 13.3. The average Bonchev–Trinajstić information content (AvgIpc) is 3.52. The summed E-state index contributed by atoms with van der Waals surface area (Å²) < 4.78 is 9.35. The number of likely N-dealkylation sites (N-methyl/N-ethyl adjacent to an activating group) is 1. The van der Waals surface area contributed by atoms with E-state index in [1.165, 1.54) is 0 Å². The van der Waals surface area contributed by atoms with Crippen LogP contribution >= 0.6 is 0 Å². The molecule has 1 amide bonds. The number of nitrogens with one attached hydrogen (secondary N) is 2. The van der Waals surface area contributed by atoms with Crippen LogP contribution in [0.2, 0.25) is 0 Å². The van der Waals surface area contributed by atoms with Gasteiger partial charge >= 0.3 is 0 Å². The van der Waals surface area contributed by atoms with Gasteiger partial charge in [-0.05, 0) is 32.0 Å². The van der Waals surface area contributed by atoms with Crippen molar-refractivity contribution in [2.75, 3.05) is 59.2 Å². The molecule has 0 aromatic carbocycles. The van der Waals surface area contributed by atoms with Crippen LogP contribution in [0.3, 0.4) is 0 Å². The highest BCUT2D eigenvalue weighted by molar-refractivity contribution is 6.01. The fourth-order valence-electron chi connectivity index (χ4n) is 5.42. The molecule has 6 rings (SSSR count). The lowest BCUT2D eigenvalue weighted by Crippen LogP contribution is -2.51. The smallest absolute Gasteiger partial charge is 0.257 e. The van der Waals surface area contributed by atoms with Gasteiger partial charge in [0.25, 0.3) is 5.91 Å². The van der Waals surface area contributed by atoms with Gasteiger partial charge in [-0.25, -0.2) is 9.97 Å². The van der Waals surface area contributed by atoms with Crippen molar-refractivity contribution in [2.24, 2.45) is 0 Å². The minimum Gasteiger partial charge on any atom is -0.379 e. The lowest BCUT2D eigenvalue weighted by atomic mass is 9.89. The van der Waals surface area contributed by atoms with Gasteiger partial charge in [0.2, 0.25) is 0 Å². The average molecular weight is 518 g/mol. The van der Waals surface area contributed by atoms with Gasteiger partial charge in [-0.2, -0.15) is 9.61 Å². The van der Waals surface area contributed by atoms with Crippen LogP contribution < -0.4 is 10.6 Å². The second-order valence-electron chi connectivity index (χ2n) is 10.3. The number of pyridine rings is 1. The van der Waals surface area contributed by atoms with E-state index >= 15 is 0 Å². The summed E-state index contributed by atoms with van der Waals surface area (Å²) >= 11 is 0. The number of carbonyl (C=O) groups excluding carboxylic acids is 1. The predicted molar refractivity (Wildman–Crippen MR) is 146 cm³/mol. The number of rotatable bonds is 8. The van der Waals surface area contributed by atoms with Crippen LogP contribution in [-0.4, -0.2) is 106 Å². The number of carbonyl (C=O) groups is 1. The van der Waals surface area contributed by atoms with E-state index in [1.54, 1.807) is 17.8 Å². The summed E-state index contributed by atoms with van der Waals surface area (Å²) in [5.41, 5.74) is 3.65. The molecule has 0 unspecified atom stereocenters. The van der Waals surface area contributed by atoms with Crippen LogP contribution in [0.25, 0.3) is 27.9 Å². The molecule has 0 spiro atoms. The molecule has 1 saturated heterocycles. The van der Waals surface area contributed by atoms with E-state index in [0.29, 0.717) is 11.2 Å². The summed E-state index contributed by atoms with van der Waals surface area (Å²) in [5.74, 6) is 0.569. The SMILES string of the molecule is CNc1cc(-c2cn(CCN3CCN(C)CC3)c3ncccc23)nc2c(C(=O)N[C@@H]3CC[C@H]3OC)cnn12. The van der Waals surface area contributed by atoms with Crippen molar-refractivity contribution in [3.8, 4) is 11.3 Å². The Kier molecular flexibility index (Phi) is 6.73. The number of hydrogen-bond donors (Lipinski definition) is 2. The number of piperazine rings is 1. The van der Waals surface area contributed by atoms with Gasteiger partial charge < -0.3 is 24.8 Å². The van der Waals surface area contributed by atoms with E-state index in [2.05, 4.69) is 49.4 Å². The number of methoxy groups -OCH3 is 1. The molecule has 2 N–H and O–H groups in total. The quantitative estimate of drug-likeness (QED) is 0.366. The number of nitrogens with zero attached hydrogens (tertiary/aromatic N) is 7. The molecule has 0 bridgehead atoms. The molecule has 4 aromatic rings. The first-order valence-corrected chi connectivity index (χ1v) is 13.3. The predicted octanol–water partition coefficient (Wildman–Crippen LogP) is 1.94. The Labute approximate surface area is 221 Å². The zero-order valence-corrected chi connectivity index (χ0v) is 22.2. The third kappa shape index (κ3) is 4.50. The van der Waals surface area contributed by atoms with Gasteiger partial charge in [0, 0.05) is 82.8 Å². The number of amides is 1. The lowest BCUT2D eigenvalue weighted by Gasteiger charge is -2.35. The summed E-state index contributed by atoms with van der Waals surface area (Å²) in [5, 5.41) is 11.8. The molecule has 4 aromatic heterocycles. The molecule has 200 valence electrons. The minimum atomic E-state index is -0.185.